The fourth-order valence-electron chi connectivity index (χ4n) is 9.31. The molecule has 0 saturated heterocycles. The van der Waals surface area contributed by atoms with Crippen molar-refractivity contribution in [3.63, 3.8) is 0 Å². The van der Waals surface area contributed by atoms with Crippen molar-refractivity contribution in [1.29, 1.82) is 5.26 Å². The fraction of sp³-hybridized carbons (Fsp3) is 0.0926. The Kier molecular flexibility index (Phi) is 10.8. The minimum absolute atomic E-state index is 0.0313. The van der Waals surface area contributed by atoms with Crippen molar-refractivity contribution in [2.75, 3.05) is 0 Å². The largest absolute Gasteiger partial charge is 0.420 e. The van der Waals surface area contributed by atoms with E-state index in [1.165, 1.54) is 95.6 Å². The van der Waals surface area contributed by atoms with Crippen LogP contribution in [0.15, 0.2) is 158 Å². The maximum Gasteiger partial charge on any atom is 0.420 e. The minimum Gasteiger partial charge on any atom is -0.309 e. The van der Waals surface area contributed by atoms with Gasteiger partial charge in [0.2, 0.25) is 0 Å². The lowest BCUT2D eigenvalue weighted by Gasteiger charge is -2.24. The summed E-state index contributed by atoms with van der Waals surface area (Å²) in [4.78, 5) is 0. The van der Waals surface area contributed by atoms with E-state index < -0.39 is 81.2 Å². The second-order valence-electron chi connectivity index (χ2n) is 16.8. The lowest BCUT2D eigenvalue weighted by atomic mass is 9.95. The van der Waals surface area contributed by atoms with E-state index in [0.29, 0.717) is 35.0 Å². The molecule has 0 amide bonds. The van der Waals surface area contributed by atoms with Gasteiger partial charge in [-0.25, -0.2) is 0 Å². The monoisotopic (exact) mass is 1000 g/mol. The summed E-state index contributed by atoms with van der Waals surface area (Å²) < 4.78 is 222. The van der Waals surface area contributed by atoms with Crippen LogP contribution in [0.1, 0.15) is 33.4 Å². The second-order valence-corrected chi connectivity index (χ2v) is 16.8. The van der Waals surface area contributed by atoms with Crippen molar-refractivity contribution < 1.29 is 65.9 Å². The first-order chi connectivity index (χ1) is 33.8. The van der Waals surface area contributed by atoms with Crippen LogP contribution in [0.5, 0.6) is 0 Å². The summed E-state index contributed by atoms with van der Waals surface area (Å²) in [7, 11) is 0. The standard InChI is InChI=1S/C54H26F15N3/c55-50(56,57)34-19-32(20-35(25-34)51(58,59)60)29-12-14-41-39-8-1-3-10-43(39)71(46(41)23-29)45-17-16-38(31-7-5-6-28(18-31)27-70)49(48(45)54(67,68)69)72-44-11-4-2-9-40(44)42-15-13-30(24-47(42)72)33-21-36(52(61,62)63)26-37(22-33)53(64,65)66/h1-26H. The van der Waals surface area contributed by atoms with Gasteiger partial charge in [-0.1, -0.05) is 78.9 Å². The lowest BCUT2D eigenvalue weighted by molar-refractivity contribution is -0.144. The Hall–Kier alpha value is -8.20. The molecule has 0 N–H and O–H groups in total. The summed E-state index contributed by atoms with van der Waals surface area (Å²) >= 11 is 0. The zero-order chi connectivity index (χ0) is 51.4. The molecule has 0 saturated carbocycles. The van der Waals surface area contributed by atoms with Crippen LogP contribution >= 0.6 is 0 Å². The molecular formula is C54H26F15N3. The molecule has 72 heavy (non-hydrogen) atoms. The molecular weight excluding hydrogens is 976 g/mol. The van der Waals surface area contributed by atoms with Crippen LogP contribution in [0.4, 0.5) is 65.9 Å². The molecule has 18 heteroatoms. The van der Waals surface area contributed by atoms with E-state index in [0.717, 1.165) is 10.6 Å². The molecule has 0 radical (unpaired) electrons. The zero-order valence-corrected chi connectivity index (χ0v) is 36.0. The van der Waals surface area contributed by atoms with Crippen LogP contribution < -0.4 is 0 Å². The van der Waals surface area contributed by atoms with Crippen molar-refractivity contribution in [3.8, 4) is 50.8 Å². The second kappa shape index (κ2) is 16.4. The summed E-state index contributed by atoms with van der Waals surface area (Å²) in [5.41, 5.74) is -10.7. The van der Waals surface area contributed by atoms with Crippen molar-refractivity contribution >= 4 is 43.6 Å². The number of aromatic nitrogens is 2. The molecule has 2 heterocycles. The molecule has 10 aromatic rings. The van der Waals surface area contributed by atoms with Gasteiger partial charge in [0.05, 0.1) is 67.3 Å². The number of hydrogen-bond donors (Lipinski definition) is 0. The van der Waals surface area contributed by atoms with Crippen molar-refractivity contribution in [1.82, 2.24) is 9.13 Å². The van der Waals surface area contributed by atoms with E-state index >= 15 is 13.2 Å². The number of para-hydroxylation sites is 2. The highest BCUT2D eigenvalue weighted by molar-refractivity contribution is 6.12. The summed E-state index contributed by atoms with van der Waals surface area (Å²) in [6.07, 6.45) is -26.3. The predicted octanol–water partition coefficient (Wildman–Crippen LogP) is 17.8. The minimum atomic E-state index is -5.37. The molecule has 0 spiro atoms. The molecule has 0 aliphatic heterocycles. The van der Waals surface area contributed by atoms with Crippen LogP contribution in [0, 0.1) is 11.3 Å². The Labute approximate surface area is 395 Å². The molecule has 0 unspecified atom stereocenters. The fourth-order valence-corrected chi connectivity index (χ4v) is 9.31. The Morgan fingerprint density at radius 1 is 0.333 bits per heavy atom. The molecule has 3 nitrogen and oxygen atoms in total. The van der Waals surface area contributed by atoms with E-state index in [2.05, 4.69) is 0 Å². The third kappa shape index (κ3) is 8.21. The zero-order valence-electron chi connectivity index (χ0n) is 36.0. The van der Waals surface area contributed by atoms with Gasteiger partial charge in [-0.15, -0.1) is 0 Å². The number of benzene rings is 8. The third-order valence-electron chi connectivity index (χ3n) is 12.4. The van der Waals surface area contributed by atoms with Gasteiger partial charge in [-0.05, 0) is 107 Å². The number of halogens is 15. The molecule has 0 atom stereocenters. The number of fused-ring (bicyclic) bond motifs is 6. The van der Waals surface area contributed by atoms with E-state index in [1.54, 1.807) is 24.3 Å². The van der Waals surface area contributed by atoms with E-state index in [4.69, 9.17) is 0 Å². The van der Waals surface area contributed by atoms with Gasteiger partial charge in [0.25, 0.3) is 0 Å². The van der Waals surface area contributed by atoms with Gasteiger partial charge in [0.15, 0.2) is 0 Å². The summed E-state index contributed by atoms with van der Waals surface area (Å²) in [5, 5.41) is 11.0. The molecule has 362 valence electrons. The van der Waals surface area contributed by atoms with Crippen LogP contribution in [-0.2, 0) is 30.9 Å². The van der Waals surface area contributed by atoms with Crippen LogP contribution in [0.2, 0.25) is 0 Å². The van der Waals surface area contributed by atoms with Gasteiger partial charge < -0.3 is 9.13 Å². The van der Waals surface area contributed by atoms with Gasteiger partial charge in [-0.3, -0.25) is 0 Å². The van der Waals surface area contributed by atoms with Crippen LogP contribution in [-0.4, -0.2) is 9.13 Å². The number of hydrogen-bond acceptors (Lipinski definition) is 1. The highest BCUT2D eigenvalue weighted by Crippen LogP contribution is 2.49. The molecule has 10 rings (SSSR count). The molecule has 0 bridgehead atoms. The van der Waals surface area contributed by atoms with Crippen molar-refractivity contribution in [3.05, 3.63) is 191 Å². The average Bonchev–Trinajstić information content (AvgIpc) is 3.83. The van der Waals surface area contributed by atoms with Gasteiger partial charge in [-0.2, -0.15) is 71.1 Å². The van der Waals surface area contributed by atoms with Gasteiger partial charge in [0.1, 0.15) is 5.56 Å². The van der Waals surface area contributed by atoms with Gasteiger partial charge in [0, 0.05) is 27.1 Å². The Bertz CT molecular complexity index is 3810. The number of nitriles is 1. The number of alkyl halides is 15. The Balaban J connectivity index is 1.34. The Morgan fingerprint density at radius 2 is 0.764 bits per heavy atom. The summed E-state index contributed by atoms with van der Waals surface area (Å²) in [6.45, 7) is 0. The van der Waals surface area contributed by atoms with Crippen molar-refractivity contribution in [2.45, 2.75) is 30.9 Å². The molecule has 2 aromatic heterocycles. The molecule has 0 aliphatic rings. The smallest absolute Gasteiger partial charge is 0.309 e. The average molecular weight is 1000 g/mol. The quantitative estimate of drug-likeness (QED) is 0.158. The summed E-state index contributed by atoms with van der Waals surface area (Å²) in [6, 6.07) is 31.5. The molecule has 0 aliphatic carbocycles. The maximum absolute atomic E-state index is 16.7. The van der Waals surface area contributed by atoms with Crippen molar-refractivity contribution in [2.24, 2.45) is 0 Å². The van der Waals surface area contributed by atoms with Gasteiger partial charge >= 0.3 is 30.9 Å². The van der Waals surface area contributed by atoms with Crippen LogP contribution in [0.25, 0.3) is 88.4 Å². The SMILES string of the molecule is N#Cc1cccc(-c2ccc(-n3c4ccccc4c4ccc(-c5cc(C(F)(F)F)cc(C(F)(F)F)c5)cc43)c(C(F)(F)F)c2-n2c3ccccc3c3ccc(-c4cc(C(F)(F)F)cc(C(F)(F)F)c4)cc32)c1. The number of nitrogens with zero attached hydrogens (tertiary/aromatic N) is 3. The highest BCUT2D eigenvalue weighted by atomic mass is 19.4. The number of rotatable bonds is 5. The highest BCUT2D eigenvalue weighted by Gasteiger charge is 2.42. The van der Waals surface area contributed by atoms with Crippen LogP contribution in [0.3, 0.4) is 0 Å². The first-order valence-electron chi connectivity index (χ1n) is 21.2. The topological polar surface area (TPSA) is 33.6 Å². The predicted molar refractivity (Wildman–Crippen MR) is 241 cm³/mol. The molecule has 0 fully saturated rings. The first-order valence-corrected chi connectivity index (χ1v) is 21.2. The third-order valence-corrected chi connectivity index (χ3v) is 12.4. The maximum atomic E-state index is 16.7. The lowest BCUT2D eigenvalue weighted by Crippen LogP contribution is -2.17. The van der Waals surface area contributed by atoms with E-state index in [-0.39, 0.29) is 72.8 Å². The first kappa shape index (κ1) is 47.5. The van der Waals surface area contributed by atoms with E-state index in [9.17, 15) is 57.9 Å². The Morgan fingerprint density at radius 3 is 1.21 bits per heavy atom. The summed E-state index contributed by atoms with van der Waals surface area (Å²) in [5.74, 6) is 0. The normalized spacial score (nSPS) is 12.9. The molecule has 8 aromatic carbocycles. The van der Waals surface area contributed by atoms with E-state index in [1.807, 2.05) is 6.07 Å².